The molecule has 0 N–H and O–H groups in total. The number of ether oxygens (including phenoxy) is 1. The van der Waals surface area contributed by atoms with Crippen LogP contribution in [0.1, 0.15) is 19.8 Å². The second-order valence-corrected chi connectivity index (χ2v) is 5.22. The first-order chi connectivity index (χ1) is 10.6. The van der Waals surface area contributed by atoms with Gasteiger partial charge in [-0.25, -0.2) is 0 Å². The van der Waals surface area contributed by atoms with Gasteiger partial charge in [-0.3, -0.25) is 9.59 Å². The first kappa shape index (κ1) is 16.1. The molecule has 0 saturated carbocycles. The Morgan fingerprint density at radius 1 is 1.41 bits per heavy atom. The smallest absolute Gasteiger partial charge is 0.249 e. The molecule has 1 saturated heterocycles. The molecule has 0 aliphatic carbocycles. The fraction of sp³-hybridized carbons (Fsp3) is 0.412. The SMILES string of the molecule is C=CC(=O)N1CCCC1C(=O)N(C)c1ccc(OCC)cc1. The number of hydrogen-bond acceptors (Lipinski definition) is 3. The maximum atomic E-state index is 12.7. The van der Waals surface area contributed by atoms with E-state index in [2.05, 4.69) is 6.58 Å². The lowest BCUT2D eigenvalue weighted by molar-refractivity contribution is -0.133. The number of carbonyl (C=O) groups excluding carboxylic acids is 2. The Bertz CT molecular complexity index is 554. The molecule has 0 radical (unpaired) electrons. The van der Waals surface area contributed by atoms with Gasteiger partial charge in [0.1, 0.15) is 11.8 Å². The van der Waals surface area contributed by atoms with Gasteiger partial charge in [0.15, 0.2) is 0 Å². The van der Waals surface area contributed by atoms with E-state index in [1.807, 2.05) is 31.2 Å². The monoisotopic (exact) mass is 302 g/mol. The summed E-state index contributed by atoms with van der Waals surface area (Å²) in [6.07, 6.45) is 2.80. The highest BCUT2D eigenvalue weighted by atomic mass is 16.5. The minimum Gasteiger partial charge on any atom is -0.494 e. The molecule has 1 aromatic carbocycles. The molecular formula is C17H22N2O3. The molecule has 1 aromatic rings. The number of amides is 2. The first-order valence-corrected chi connectivity index (χ1v) is 7.52. The van der Waals surface area contributed by atoms with Crippen LogP contribution in [0.25, 0.3) is 0 Å². The molecular weight excluding hydrogens is 280 g/mol. The van der Waals surface area contributed by atoms with Gasteiger partial charge in [-0.1, -0.05) is 6.58 Å². The second kappa shape index (κ2) is 7.11. The van der Waals surface area contributed by atoms with Gasteiger partial charge < -0.3 is 14.5 Å². The zero-order valence-corrected chi connectivity index (χ0v) is 13.1. The Labute approximate surface area is 131 Å². The Kier molecular flexibility index (Phi) is 5.20. The largest absolute Gasteiger partial charge is 0.494 e. The van der Waals surface area contributed by atoms with Crippen molar-refractivity contribution in [2.45, 2.75) is 25.8 Å². The number of carbonyl (C=O) groups is 2. The molecule has 1 fully saturated rings. The second-order valence-electron chi connectivity index (χ2n) is 5.22. The van der Waals surface area contributed by atoms with Crippen molar-refractivity contribution in [3.05, 3.63) is 36.9 Å². The van der Waals surface area contributed by atoms with Crippen LogP contribution in [0.5, 0.6) is 5.75 Å². The van der Waals surface area contributed by atoms with Gasteiger partial charge in [0, 0.05) is 19.3 Å². The van der Waals surface area contributed by atoms with E-state index in [0.717, 1.165) is 17.9 Å². The van der Waals surface area contributed by atoms with Crippen molar-refractivity contribution in [2.24, 2.45) is 0 Å². The predicted molar refractivity (Wildman–Crippen MR) is 86.0 cm³/mol. The third kappa shape index (κ3) is 3.30. The summed E-state index contributed by atoms with van der Waals surface area (Å²) in [4.78, 5) is 27.7. The number of rotatable bonds is 5. The third-order valence-corrected chi connectivity index (χ3v) is 3.86. The first-order valence-electron chi connectivity index (χ1n) is 7.52. The van der Waals surface area contributed by atoms with Crippen LogP contribution in [0, 0.1) is 0 Å². The van der Waals surface area contributed by atoms with Crippen LogP contribution < -0.4 is 9.64 Å². The van der Waals surface area contributed by atoms with E-state index >= 15 is 0 Å². The number of likely N-dealkylation sites (tertiary alicyclic amines) is 1. The maximum absolute atomic E-state index is 12.7. The molecule has 118 valence electrons. The van der Waals surface area contributed by atoms with Crippen LogP contribution in [0.15, 0.2) is 36.9 Å². The van der Waals surface area contributed by atoms with E-state index in [9.17, 15) is 9.59 Å². The van der Waals surface area contributed by atoms with Gasteiger partial charge in [0.2, 0.25) is 11.8 Å². The van der Waals surface area contributed by atoms with Crippen LogP contribution in [-0.2, 0) is 9.59 Å². The fourth-order valence-corrected chi connectivity index (χ4v) is 2.69. The average molecular weight is 302 g/mol. The molecule has 2 rings (SSSR count). The molecule has 22 heavy (non-hydrogen) atoms. The van der Waals surface area contributed by atoms with E-state index in [1.54, 1.807) is 16.8 Å². The topological polar surface area (TPSA) is 49.9 Å². The van der Waals surface area contributed by atoms with E-state index in [4.69, 9.17) is 4.74 Å². The minimum absolute atomic E-state index is 0.0724. The lowest BCUT2D eigenvalue weighted by Crippen LogP contribution is -2.46. The summed E-state index contributed by atoms with van der Waals surface area (Å²) < 4.78 is 5.40. The zero-order chi connectivity index (χ0) is 16.1. The molecule has 1 heterocycles. The van der Waals surface area contributed by atoms with Crippen molar-refractivity contribution in [2.75, 3.05) is 25.1 Å². The Morgan fingerprint density at radius 3 is 2.68 bits per heavy atom. The standard InChI is InChI=1S/C17H22N2O3/c1-4-16(20)19-12-6-7-15(19)17(21)18(3)13-8-10-14(11-9-13)22-5-2/h4,8-11,15H,1,5-7,12H2,2-3H3. The Morgan fingerprint density at radius 2 is 2.09 bits per heavy atom. The summed E-state index contributed by atoms with van der Waals surface area (Å²) in [5.74, 6) is 0.518. The van der Waals surface area contributed by atoms with E-state index < -0.39 is 6.04 Å². The Hall–Kier alpha value is -2.30. The molecule has 0 aromatic heterocycles. The summed E-state index contributed by atoms with van der Waals surface area (Å²) in [5, 5.41) is 0. The molecule has 1 aliphatic rings. The number of nitrogens with zero attached hydrogens (tertiary/aromatic N) is 2. The minimum atomic E-state index is -0.401. The normalized spacial score (nSPS) is 17.2. The van der Waals surface area contributed by atoms with E-state index in [1.165, 1.54) is 6.08 Å². The van der Waals surface area contributed by atoms with Gasteiger partial charge in [0.05, 0.1) is 6.61 Å². The van der Waals surface area contributed by atoms with Gasteiger partial charge in [-0.2, -0.15) is 0 Å². The molecule has 0 bridgehead atoms. The van der Waals surface area contributed by atoms with Crippen molar-refractivity contribution in [3.63, 3.8) is 0 Å². The van der Waals surface area contributed by atoms with Crippen molar-refractivity contribution in [1.29, 1.82) is 0 Å². The molecule has 5 nitrogen and oxygen atoms in total. The summed E-state index contributed by atoms with van der Waals surface area (Å²) in [6.45, 7) is 6.64. The van der Waals surface area contributed by atoms with Crippen LogP contribution >= 0.6 is 0 Å². The molecule has 1 aliphatic heterocycles. The number of likely N-dealkylation sites (N-methyl/N-ethyl adjacent to an activating group) is 1. The van der Waals surface area contributed by atoms with Gasteiger partial charge in [0.25, 0.3) is 0 Å². The van der Waals surface area contributed by atoms with Gasteiger partial charge in [-0.15, -0.1) is 0 Å². The highest BCUT2D eigenvalue weighted by molar-refractivity contribution is 6.00. The molecule has 1 atom stereocenters. The Balaban J connectivity index is 2.10. The van der Waals surface area contributed by atoms with Crippen molar-refractivity contribution >= 4 is 17.5 Å². The highest BCUT2D eigenvalue weighted by Gasteiger charge is 2.34. The molecule has 5 heteroatoms. The highest BCUT2D eigenvalue weighted by Crippen LogP contribution is 2.24. The predicted octanol–water partition coefficient (Wildman–Crippen LogP) is 2.23. The molecule has 1 unspecified atom stereocenters. The van der Waals surface area contributed by atoms with E-state index in [0.29, 0.717) is 19.6 Å². The van der Waals surface area contributed by atoms with Gasteiger partial charge >= 0.3 is 0 Å². The van der Waals surface area contributed by atoms with Crippen LogP contribution in [0.2, 0.25) is 0 Å². The quantitative estimate of drug-likeness (QED) is 0.784. The van der Waals surface area contributed by atoms with Crippen molar-refractivity contribution in [3.8, 4) is 5.75 Å². The number of anilines is 1. The zero-order valence-electron chi connectivity index (χ0n) is 13.1. The van der Waals surface area contributed by atoms with Crippen LogP contribution in [-0.4, -0.2) is 43.0 Å². The summed E-state index contributed by atoms with van der Waals surface area (Å²) >= 11 is 0. The third-order valence-electron chi connectivity index (χ3n) is 3.86. The van der Waals surface area contributed by atoms with Crippen molar-refractivity contribution in [1.82, 2.24) is 4.90 Å². The lowest BCUT2D eigenvalue weighted by atomic mass is 10.1. The van der Waals surface area contributed by atoms with Crippen LogP contribution in [0.4, 0.5) is 5.69 Å². The summed E-state index contributed by atoms with van der Waals surface area (Å²) in [6, 6.07) is 6.96. The van der Waals surface area contributed by atoms with Crippen LogP contribution in [0.3, 0.4) is 0 Å². The van der Waals surface area contributed by atoms with Crippen molar-refractivity contribution < 1.29 is 14.3 Å². The summed E-state index contributed by atoms with van der Waals surface area (Å²) in [7, 11) is 1.73. The fourth-order valence-electron chi connectivity index (χ4n) is 2.69. The average Bonchev–Trinajstić information content (AvgIpc) is 3.03. The molecule has 0 spiro atoms. The summed E-state index contributed by atoms with van der Waals surface area (Å²) in [5.41, 5.74) is 0.784. The number of hydrogen-bond donors (Lipinski definition) is 0. The maximum Gasteiger partial charge on any atom is 0.249 e. The van der Waals surface area contributed by atoms with Gasteiger partial charge in [-0.05, 0) is 50.1 Å². The van der Waals surface area contributed by atoms with E-state index in [-0.39, 0.29) is 11.8 Å². The lowest BCUT2D eigenvalue weighted by Gasteiger charge is -2.27. The molecule has 2 amide bonds. The number of benzene rings is 1.